The third-order valence-corrected chi connectivity index (χ3v) is 6.22. The van der Waals surface area contributed by atoms with Crippen LogP contribution < -0.4 is 5.56 Å². The van der Waals surface area contributed by atoms with Crippen LogP contribution in [0.1, 0.15) is 48.9 Å². The molecular weight excluding hydrogens is 370 g/mol. The molecule has 29 heavy (non-hydrogen) atoms. The Labute approximate surface area is 168 Å². The first kappa shape index (κ1) is 18.5. The Morgan fingerprint density at radius 2 is 2.07 bits per heavy atom. The summed E-state index contributed by atoms with van der Waals surface area (Å²) < 4.78 is 9.22. The van der Waals surface area contributed by atoms with Crippen molar-refractivity contribution in [2.24, 2.45) is 13.0 Å². The summed E-state index contributed by atoms with van der Waals surface area (Å²) in [5, 5.41) is 4.86. The van der Waals surface area contributed by atoms with Gasteiger partial charge in [0.15, 0.2) is 5.52 Å². The number of aromatic amines is 1. The normalized spacial score (nSPS) is 23.9. The van der Waals surface area contributed by atoms with Crippen molar-refractivity contribution in [2.75, 3.05) is 26.3 Å². The van der Waals surface area contributed by atoms with E-state index in [0.717, 1.165) is 63.0 Å². The molecule has 2 aliphatic heterocycles. The number of rotatable bonds is 4. The average molecular weight is 397 g/mol. The molecule has 0 aliphatic carbocycles. The molecule has 3 aromatic rings. The van der Waals surface area contributed by atoms with E-state index < -0.39 is 0 Å². The Balaban J connectivity index is 1.42. The van der Waals surface area contributed by atoms with Gasteiger partial charge in [0, 0.05) is 57.9 Å². The van der Waals surface area contributed by atoms with Gasteiger partial charge in [-0.2, -0.15) is 5.10 Å². The van der Waals surface area contributed by atoms with Gasteiger partial charge in [0.25, 0.3) is 5.56 Å². The van der Waals surface area contributed by atoms with E-state index >= 15 is 0 Å². The molecule has 5 heterocycles. The second-order valence-electron chi connectivity index (χ2n) is 8.45. The minimum atomic E-state index is -0.115. The Kier molecular flexibility index (Phi) is 4.71. The van der Waals surface area contributed by atoms with Gasteiger partial charge in [-0.05, 0) is 18.8 Å². The maximum Gasteiger partial charge on any atom is 0.276 e. The van der Waals surface area contributed by atoms with E-state index in [1.54, 1.807) is 10.7 Å². The molecule has 0 amide bonds. The van der Waals surface area contributed by atoms with Crippen LogP contribution in [0, 0.1) is 5.92 Å². The van der Waals surface area contributed by atoms with Crippen LogP contribution in [-0.2, 0) is 18.3 Å². The molecule has 0 bridgehead atoms. The van der Waals surface area contributed by atoms with Crippen molar-refractivity contribution < 1.29 is 4.74 Å². The van der Waals surface area contributed by atoms with Crippen molar-refractivity contribution in [2.45, 2.75) is 38.1 Å². The van der Waals surface area contributed by atoms with E-state index in [-0.39, 0.29) is 17.4 Å². The van der Waals surface area contributed by atoms with Crippen LogP contribution in [0.2, 0.25) is 0 Å². The van der Waals surface area contributed by atoms with Crippen LogP contribution in [0.25, 0.3) is 5.52 Å². The number of hydrogen-bond acceptors (Lipinski definition) is 6. The van der Waals surface area contributed by atoms with E-state index in [1.807, 2.05) is 17.9 Å². The number of aryl methyl sites for hydroxylation is 1. The molecule has 154 valence electrons. The lowest BCUT2D eigenvalue weighted by Gasteiger charge is -2.21. The van der Waals surface area contributed by atoms with Gasteiger partial charge in [-0.25, -0.2) is 14.5 Å². The van der Waals surface area contributed by atoms with Crippen LogP contribution in [-0.4, -0.2) is 60.3 Å². The number of ether oxygens (including phenoxy) is 1. The average Bonchev–Trinajstić information content (AvgIpc) is 3.41. The molecule has 2 fully saturated rings. The monoisotopic (exact) mass is 397 g/mol. The summed E-state index contributed by atoms with van der Waals surface area (Å²) in [6.07, 6.45) is 7.36. The summed E-state index contributed by atoms with van der Waals surface area (Å²) in [6, 6.07) is 0. The van der Waals surface area contributed by atoms with Gasteiger partial charge in [-0.15, -0.1) is 0 Å². The summed E-state index contributed by atoms with van der Waals surface area (Å²) in [5.74, 6) is 2.50. The van der Waals surface area contributed by atoms with E-state index in [2.05, 4.69) is 33.0 Å². The standard InChI is InChI=1S/C20H27N7O2/c1-13-8-26(10-15-9-25(2)12-22-15)11-16(13)18-23-20(28)17-7-21-19(27(17)24-18)14-3-5-29-6-4-14/h7,9,12-14,16H,3-6,8,10-11H2,1-2H3,(H,23,24,28). The molecule has 2 aliphatic rings. The zero-order valence-electron chi connectivity index (χ0n) is 16.9. The van der Waals surface area contributed by atoms with Crippen LogP contribution in [0.4, 0.5) is 0 Å². The second kappa shape index (κ2) is 7.38. The highest BCUT2D eigenvalue weighted by Crippen LogP contribution is 2.31. The number of nitrogens with one attached hydrogen (secondary N) is 1. The van der Waals surface area contributed by atoms with Gasteiger partial charge in [-0.3, -0.25) is 9.69 Å². The number of hydrogen-bond donors (Lipinski definition) is 1. The molecule has 1 N–H and O–H groups in total. The summed E-state index contributed by atoms with van der Waals surface area (Å²) in [5.41, 5.74) is 1.47. The van der Waals surface area contributed by atoms with Gasteiger partial charge < -0.3 is 14.3 Å². The predicted octanol–water partition coefficient (Wildman–Crippen LogP) is 1.28. The maximum absolute atomic E-state index is 12.7. The fourth-order valence-electron chi connectivity index (χ4n) is 4.66. The van der Waals surface area contributed by atoms with E-state index in [4.69, 9.17) is 9.84 Å². The van der Waals surface area contributed by atoms with Crippen molar-refractivity contribution in [1.82, 2.24) is 34.0 Å². The van der Waals surface area contributed by atoms with Gasteiger partial charge in [0.2, 0.25) is 0 Å². The smallest absolute Gasteiger partial charge is 0.276 e. The summed E-state index contributed by atoms with van der Waals surface area (Å²) in [7, 11) is 1.98. The largest absolute Gasteiger partial charge is 0.381 e. The third-order valence-electron chi connectivity index (χ3n) is 6.22. The van der Waals surface area contributed by atoms with Crippen molar-refractivity contribution in [3.63, 3.8) is 0 Å². The Morgan fingerprint density at radius 1 is 1.24 bits per heavy atom. The number of H-pyrrole nitrogens is 1. The van der Waals surface area contributed by atoms with Crippen molar-refractivity contribution >= 4 is 5.52 Å². The fourth-order valence-corrected chi connectivity index (χ4v) is 4.66. The summed E-state index contributed by atoms with van der Waals surface area (Å²) in [6.45, 7) is 6.32. The molecule has 2 unspecified atom stereocenters. The first-order valence-electron chi connectivity index (χ1n) is 10.3. The Morgan fingerprint density at radius 3 is 2.83 bits per heavy atom. The third kappa shape index (κ3) is 3.49. The zero-order chi connectivity index (χ0) is 20.0. The van der Waals surface area contributed by atoms with E-state index in [0.29, 0.717) is 11.4 Å². The van der Waals surface area contributed by atoms with Crippen LogP contribution in [0.3, 0.4) is 0 Å². The molecule has 2 atom stereocenters. The highest BCUT2D eigenvalue weighted by molar-refractivity contribution is 5.42. The number of fused-ring (bicyclic) bond motifs is 1. The molecule has 0 aromatic carbocycles. The molecule has 2 saturated heterocycles. The second-order valence-corrected chi connectivity index (χ2v) is 8.45. The molecular formula is C20H27N7O2. The first-order valence-corrected chi connectivity index (χ1v) is 10.3. The number of aromatic nitrogens is 6. The summed E-state index contributed by atoms with van der Waals surface area (Å²) in [4.78, 5) is 27.1. The quantitative estimate of drug-likeness (QED) is 0.713. The van der Waals surface area contributed by atoms with Crippen LogP contribution in [0.5, 0.6) is 0 Å². The highest BCUT2D eigenvalue weighted by atomic mass is 16.5. The molecule has 0 saturated carbocycles. The van der Waals surface area contributed by atoms with Crippen molar-refractivity contribution in [1.29, 1.82) is 0 Å². The lowest BCUT2D eigenvalue weighted by Crippen LogP contribution is -2.24. The molecule has 9 nitrogen and oxygen atoms in total. The maximum atomic E-state index is 12.7. The van der Waals surface area contributed by atoms with Crippen LogP contribution >= 0.6 is 0 Å². The summed E-state index contributed by atoms with van der Waals surface area (Å²) >= 11 is 0. The SMILES string of the molecule is CC1CN(Cc2cn(C)cn2)CC1c1nn2c(C3CCOCC3)ncc2c(=O)[nH]1. The Hall–Kier alpha value is -2.52. The minimum absolute atomic E-state index is 0.115. The van der Waals surface area contributed by atoms with Gasteiger partial charge >= 0.3 is 0 Å². The van der Waals surface area contributed by atoms with E-state index in [1.165, 1.54) is 0 Å². The molecule has 0 spiro atoms. The zero-order valence-corrected chi connectivity index (χ0v) is 16.9. The number of likely N-dealkylation sites (tertiary alicyclic amines) is 1. The number of imidazole rings is 2. The minimum Gasteiger partial charge on any atom is -0.381 e. The lowest BCUT2D eigenvalue weighted by molar-refractivity contribution is 0.0832. The van der Waals surface area contributed by atoms with E-state index in [9.17, 15) is 4.79 Å². The molecule has 3 aromatic heterocycles. The lowest BCUT2D eigenvalue weighted by atomic mass is 9.97. The van der Waals surface area contributed by atoms with Crippen molar-refractivity contribution in [3.05, 3.63) is 46.4 Å². The first-order chi connectivity index (χ1) is 14.1. The molecule has 5 rings (SSSR count). The van der Waals surface area contributed by atoms with Gasteiger partial charge in [-0.1, -0.05) is 6.92 Å². The van der Waals surface area contributed by atoms with Gasteiger partial charge in [0.05, 0.1) is 18.2 Å². The Bertz CT molecular complexity index is 1060. The highest BCUT2D eigenvalue weighted by Gasteiger charge is 2.33. The topological polar surface area (TPSA) is 93.3 Å². The molecule has 0 radical (unpaired) electrons. The van der Waals surface area contributed by atoms with Crippen LogP contribution in [0.15, 0.2) is 23.5 Å². The predicted molar refractivity (Wildman–Crippen MR) is 107 cm³/mol. The number of nitrogens with zero attached hydrogens (tertiary/aromatic N) is 6. The molecule has 9 heteroatoms. The van der Waals surface area contributed by atoms with Gasteiger partial charge in [0.1, 0.15) is 11.6 Å². The fraction of sp³-hybridized carbons (Fsp3) is 0.600. The van der Waals surface area contributed by atoms with Crippen molar-refractivity contribution in [3.8, 4) is 0 Å².